The highest BCUT2D eigenvalue weighted by Gasteiger charge is 2.28. The van der Waals surface area contributed by atoms with Crippen LogP contribution < -0.4 is 10.5 Å². The number of halogens is 1. The van der Waals surface area contributed by atoms with Crippen LogP contribution in [0.5, 0.6) is 0 Å². The van der Waals surface area contributed by atoms with E-state index < -0.39 is 6.09 Å². The summed E-state index contributed by atoms with van der Waals surface area (Å²) in [6, 6.07) is 12.1. The molecule has 1 atom stereocenters. The van der Waals surface area contributed by atoms with Crippen molar-refractivity contribution in [3.05, 3.63) is 88.1 Å². The van der Waals surface area contributed by atoms with Crippen molar-refractivity contribution < 1.29 is 19.4 Å². The number of aromatic amines is 1. The van der Waals surface area contributed by atoms with Crippen molar-refractivity contribution in [2.24, 2.45) is 0 Å². The van der Waals surface area contributed by atoms with Gasteiger partial charge in [-0.1, -0.05) is 11.6 Å². The Labute approximate surface area is 255 Å². The Hall–Kier alpha value is -4.92. The molecular formula is C29H28ClN9O5. The van der Waals surface area contributed by atoms with Gasteiger partial charge >= 0.3 is 6.09 Å². The molecule has 0 bridgehead atoms. The quantitative estimate of drug-likeness (QED) is 0.209. The lowest BCUT2D eigenvalue weighted by molar-refractivity contribution is 0.0738. The van der Waals surface area contributed by atoms with Gasteiger partial charge in [0, 0.05) is 41.2 Å². The Morgan fingerprint density at radius 3 is 2.75 bits per heavy atom. The third kappa shape index (κ3) is 5.95. The van der Waals surface area contributed by atoms with E-state index in [-0.39, 0.29) is 30.6 Å². The van der Waals surface area contributed by atoms with Crippen molar-refractivity contribution in [2.75, 3.05) is 38.4 Å². The first-order chi connectivity index (χ1) is 21.4. The molecule has 14 nitrogen and oxygen atoms in total. The fourth-order valence-corrected chi connectivity index (χ4v) is 5.46. The molecule has 0 saturated carbocycles. The van der Waals surface area contributed by atoms with Gasteiger partial charge in [0.05, 0.1) is 50.0 Å². The van der Waals surface area contributed by atoms with Crippen molar-refractivity contribution in [1.29, 1.82) is 0 Å². The SMILES string of the molecule is COCCOCCN(C(=O)O)c1ccc(-c2cnc([C@@H]3CCc4cc(-c5cc(Cl)ccc5-n5cnnn5)cc(=O)n43)[nH]2)cn1. The van der Waals surface area contributed by atoms with Crippen molar-refractivity contribution >= 4 is 23.5 Å². The van der Waals surface area contributed by atoms with Gasteiger partial charge < -0.3 is 24.1 Å². The number of hydrogen-bond acceptors (Lipinski definition) is 9. The number of aromatic nitrogens is 8. The fraction of sp³-hybridized carbons (Fsp3) is 0.276. The molecule has 44 heavy (non-hydrogen) atoms. The number of H-pyrrole nitrogens is 1. The van der Waals surface area contributed by atoms with E-state index in [1.54, 1.807) is 54.4 Å². The average molecular weight is 618 g/mol. The number of hydrogen-bond donors (Lipinski definition) is 2. The van der Waals surface area contributed by atoms with Gasteiger partial charge in [-0.25, -0.2) is 14.8 Å². The summed E-state index contributed by atoms with van der Waals surface area (Å²) in [5.41, 5.74) is 4.31. The first-order valence-electron chi connectivity index (χ1n) is 13.8. The normalized spacial score (nSPS) is 14.1. The number of methoxy groups -OCH3 is 1. The first-order valence-corrected chi connectivity index (χ1v) is 14.2. The van der Waals surface area contributed by atoms with Gasteiger partial charge in [-0.2, -0.15) is 4.68 Å². The molecule has 2 N–H and O–H groups in total. The molecule has 1 aliphatic rings. The summed E-state index contributed by atoms with van der Waals surface area (Å²) >= 11 is 6.32. The molecule has 0 spiro atoms. The second kappa shape index (κ2) is 12.8. The summed E-state index contributed by atoms with van der Waals surface area (Å²) in [7, 11) is 1.57. The zero-order valence-corrected chi connectivity index (χ0v) is 24.4. The molecular weight excluding hydrogens is 590 g/mol. The molecule has 1 amide bonds. The predicted octanol–water partition coefficient (Wildman–Crippen LogP) is 3.61. The topological polar surface area (TPSA) is 166 Å². The minimum atomic E-state index is -1.13. The number of imidazole rings is 1. The number of ether oxygens (including phenoxy) is 2. The maximum atomic E-state index is 13.5. The van der Waals surface area contributed by atoms with Gasteiger partial charge in [0.2, 0.25) is 0 Å². The molecule has 0 fully saturated rings. The number of tetrazole rings is 1. The van der Waals surface area contributed by atoms with Crippen LogP contribution >= 0.6 is 11.6 Å². The summed E-state index contributed by atoms with van der Waals surface area (Å²) in [5, 5.41) is 21.6. The second-order valence-corrected chi connectivity index (χ2v) is 10.5. The molecule has 0 radical (unpaired) electrons. The van der Waals surface area contributed by atoms with Crippen LogP contribution in [0.15, 0.2) is 66.0 Å². The highest BCUT2D eigenvalue weighted by Crippen LogP contribution is 2.34. The van der Waals surface area contributed by atoms with Crippen LogP contribution in [-0.2, 0) is 15.9 Å². The van der Waals surface area contributed by atoms with Crippen LogP contribution in [0.3, 0.4) is 0 Å². The van der Waals surface area contributed by atoms with Gasteiger partial charge in [-0.15, -0.1) is 5.10 Å². The molecule has 5 aromatic rings. The molecule has 15 heteroatoms. The van der Waals surface area contributed by atoms with Gasteiger partial charge in [0.15, 0.2) is 0 Å². The third-order valence-corrected chi connectivity index (χ3v) is 7.60. The zero-order chi connectivity index (χ0) is 30.6. The maximum absolute atomic E-state index is 13.5. The number of rotatable bonds is 11. The standard InChI is InChI=1S/C29H28ClN9O5/c1-43-10-11-44-9-8-37(29(41)42)26-7-2-18(15-31-26)23-16-32-28(34-23)25-6-4-21-12-19(13-27(40)39(21)25)22-14-20(30)3-5-24(22)38-17-33-35-36-38/h2-3,5,7,12-17,25H,4,6,8-11H2,1H3,(H,32,34)(H,41,42)/t25-/m0/s1. The lowest BCUT2D eigenvalue weighted by Crippen LogP contribution is -2.33. The van der Waals surface area contributed by atoms with E-state index in [0.29, 0.717) is 48.3 Å². The molecule has 0 saturated heterocycles. The number of carbonyl (C=O) groups is 1. The Kier molecular flexibility index (Phi) is 8.45. The number of aryl methyl sites for hydroxylation is 1. The van der Waals surface area contributed by atoms with Crippen molar-refractivity contribution in [2.45, 2.75) is 18.9 Å². The van der Waals surface area contributed by atoms with E-state index in [4.69, 9.17) is 21.1 Å². The van der Waals surface area contributed by atoms with Gasteiger partial charge in [-0.05, 0) is 65.2 Å². The average Bonchev–Trinajstić information content (AvgIpc) is 3.80. The van der Waals surface area contributed by atoms with E-state index in [9.17, 15) is 14.7 Å². The van der Waals surface area contributed by atoms with Gasteiger partial charge in [0.25, 0.3) is 5.56 Å². The number of nitrogens with one attached hydrogen (secondary N) is 1. The van der Waals surface area contributed by atoms with E-state index in [1.807, 2.05) is 12.1 Å². The van der Waals surface area contributed by atoms with E-state index in [0.717, 1.165) is 27.3 Å². The van der Waals surface area contributed by atoms with Crippen molar-refractivity contribution in [3.63, 3.8) is 0 Å². The van der Waals surface area contributed by atoms with Gasteiger partial charge in [-0.3, -0.25) is 9.69 Å². The third-order valence-electron chi connectivity index (χ3n) is 7.37. The van der Waals surface area contributed by atoms with Crippen LogP contribution in [0.25, 0.3) is 28.1 Å². The van der Waals surface area contributed by atoms with Crippen LogP contribution in [0.1, 0.15) is 24.0 Å². The number of benzene rings is 1. The van der Waals surface area contributed by atoms with E-state index in [1.165, 1.54) is 11.0 Å². The molecule has 226 valence electrons. The number of anilines is 1. The first kappa shape index (κ1) is 29.2. The molecule has 0 aliphatic carbocycles. The fourth-order valence-electron chi connectivity index (χ4n) is 5.29. The molecule has 0 unspecified atom stereocenters. The maximum Gasteiger partial charge on any atom is 0.413 e. The minimum Gasteiger partial charge on any atom is -0.465 e. The Morgan fingerprint density at radius 2 is 2.00 bits per heavy atom. The van der Waals surface area contributed by atoms with Crippen LogP contribution in [0, 0.1) is 0 Å². The Morgan fingerprint density at radius 1 is 1.11 bits per heavy atom. The molecule has 1 aliphatic heterocycles. The monoisotopic (exact) mass is 617 g/mol. The summed E-state index contributed by atoms with van der Waals surface area (Å²) < 4.78 is 13.6. The lowest BCUT2D eigenvalue weighted by atomic mass is 10.0. The number of amides is 1. The number of nitrogens with zero attached hydrogens (tertiary/aromatic N) is 8. The summed E-state index contributed by atoms with van der Waals surface area (Å²) in [6.45, 7) is 1.16. The lowest BCUT2D eigenvalue weighted by Gasteiger charge is -2.18. The predicted molar refractivity (Wildman–Crippen MR) is 160 cm³/mol. The Bertz CT molecular complexity index is 1820. The van der Waals surface area contributed by atoms with Crippen molar-refractivity contribution in [3.8, 4) is 28.1 Å². The smallest absolute Gasteiger partial charge is 0.413 e. The summed E-state index contributed by atoms with van der Waals surface area (Å²) in [4.78, 5) is 38.7. The number of fused-ring (bicyclic) bond motifs is 1. The molecule has 4 aromatic heterocycles. The minimum absolute atomic E-state index is 0.132. The highest BCUT2D eigenvalue weighted by molar-refractivity contribution is 6.31. The Balaban J connectivity index is 1.21. The van der Waals surface area contributed by atoms with Crippen LogP contribution in [0.2, 0.25) is 5.02 Å². The number of pyridine rings is 2. The van der Waals surface area contributed by atoms with E-state index in [2.05, 4.69) is 30.5 Å². The molecule has 5 heterocycles. The highest BCUT2D eigenvalue weighted by atomic mass is 35.5. The summed E-state index contributed by atoms with van der Waals surface area (Å²) in [5.74, 6) is 0.932. The molecule has 1 aromatic carbocycles. The largest absolute Gasteiger partial charge is 0.465 e. The second-order valence-electron chi connectivity index (χ2n) is 10.0. The summed E-state index contributed by atoms with van der Waals surface area (Å²) in [6.07, 6.45) is 5.01. The number of carboxylic acid groups (broad SMARTS) is 1. The van der Waals surface area contributed by atoms with E-state index >= 15 is 0 Å². The van der Waals surface area contributed by atoms with Gasteiger partial charge in [0.1, 0.15) is 18.0 Å². The van der Waals surface area contributed by atoms with Crippen LogP contribution in [0.4, 0.5) is 10.6 Å². The van der Waals surface area contributed by atoms with Crippen molar-refractivity contribution in [1.82, 2.24) is 39.7 Å². The van der Waals surface area contributed by atoms with Crippen LogP contribution in [-0.4, -0.2) is 84.4 Å². The zero-order valence-electron chi connectivity index (χ0n) is 23.6. The molecule has 6 rings (SSSR count).